The quantitative estimate of drug-likeness (QED) is 0.595. The fourth-order valence-electron chi connectivity index (χ4n) is 3.26. The van der Waals surface area contributed by atoms with E-state index in [0.717, 1.165) is 12.0 Å². The lowest BCUT2D eigenvalue weighted by Gasteiger charge is -2.28. The first-order valence-corrected chi connectivity index (χ1v) is 9.54. The van der Waals surface area contributed by atoms with Gasteiger partial charge in [0.1, 0.15) is 0 Å². The van der Waals surface area contributed by atoms with Crippen LogP contribution in [0.3, 0.4) is 0 Å². The summed E-state index contributed by atoms with van der Waals surface area (Å²) in [6.07, 6.45) is 0.375. The Labute approximate surface area is 162 Å². The second kappa shape index (κ2) is 9.14. The largest absolute Gasteiger partial charge is 0.389 e. The van der Waals surface area contributed by atoms with Crippen LogP contribution in [0.5, 0.6) is 0 Å². The molecule has 0 fully saturated rings. The van der Waals surface area contributed by atoms with E-state index in [1.54, 1.807) is 0 Å². The van der Waals surface area contributed by atoms with Crippen molar-refractivity contribution < 1.29 is 9.84 Å². The number of hydrogen-bond donors (Lipinski definition) is 2. The van der Waals surface area contributed by atoms with Crippen molar-refractivity contribution in [3.05, 3.63) is 83.9 Å². The maximum Gasteiger partial charge on any atom is 0.0898 e. The maximum atomic E-state index is 10.2. The minimum Gasteiger partial charge on any atom is -0.389 e. The van der Waals surface area contributed by atoms with Gasteiger partial charge in [-0.1, -0.05) is 72.8 Å². The zero-order valence-electron chi connectivity index (χ0n) is 16.2. The highest BCUT2D eigenvalue weighted by atomic mass is 16.5. The normalized spacial score (nSPS) is 13.0. The van der Waals surface area contributed by atoms with E-state index in [1.807, 2.05) is 30.3 Å². The number of aliphatic hydroxyl groups is 1. The van der Waals surface area contributed by atoms with Crippen LogP contribution >= 0.6 is 0 Å². The maximum absolute atomic E-state index is 10.2. The predicted octanol–water partition coefficient (Wildman–Crippen LogP) is 4.33. The second-order valence-corrected chi connectivity index (χ2v) is 7.78. The van der Waals surface area contributed by atoms with Gasteiger partial charge in [-0.05, 0) is 42.2 Å². The lowest BCUT2D eigenvalue weighted by molar-refractivity contribution is 0.0257. The fraction of sp³-hybridized carbons (Fsp3) is 0.333. The first kappa shape index (κ1) is 19.6. The lowest BCUT2D eigenvalue weighted by Crippen LogP contribution is -2.45. The van der Waals surface area contributed by atoms with E-state index in [9.17, 15) is 5.11 Å². The molecule has 3 heteroatoms. The van der Waals surface area contributed by atoms with Crippen LogP contribution in [0.1, 0.15) is 25.0 Å². The molecule has 27 heavy (non-hydrogen) atoms. The molecule has 142 valence electrons. The van der Waals surface area contributed by atoms with Gasteiger partial charge in [-0.15, -0.1) is 0 Å². The molecule has 3 aromatic rings. The van der Waals surface area contributed by atoms with E-state index in [1.165, 1.54) is 16.3 Å². The highest BCUT2D eigenvalue weighted by Gasteiger charge is 2.19. The molecule has 0 saturated heterocycles. The van der Waals surface area contributed by atoms with Crippen LogP contribution in [0.15, 0.2) is 72.8 Å². The zero-order chi connectivity index (χ0) is 19.1. The van der Waals surface area contributed by atoms with Gasteiger partial charge in [0.05, 0.1) is 19.3 Å². The van der Waals surface area contributed by atoms with Gasteiger partial charge >= 0.3 is 0 Å². The van der Waals surface area contributed by atoms with Gasteiger partial charge in [-0.3, -0.25) is 0 Å². The molecule has 0 unspecified atom stereocenters. The van der Waals surface area contributed by atoms with E-state index in [0.29, 0.717) is 19.8 Å². The van der Waals surface area contributed by atoms with Gasteiger partial charge in [0.2, 0.25) is 0 Å². The van der Waals surface area contributed by atoms with Crippen molar-refractivity contribution >= 4 is 10.8 Å². The van der Waals surface area contributed by atoms with E-state index < -0.39 is 6.10 Å². The smallest absolute Gasteiger partial charge is 0.0898 e. The third-order valence-corrected chi connectivity index (χ3v) is 4.70. The Morgan fingerprint density at radius 1 is 0.889 bits per heavy atom. The number of β-amino-alcohol motifs (C(OH)–C–C–N with tert-alkyl or cyclic N) is 1. The molecular formula is C24H29NO2. The summed E-state index contributed by atoms with van der Waals surface area (Å²) < 4.78 is 5.62. The Morgan fingerprint density at radius 2 is 1.59 bits per heavy atom. The highest BCUT2D eigenvalue weighted by molar-refractivity contribution is 5.83. The van der Waals surface area contributed by atoms with Crippen molar-refractivity contribution in [1.29, 1.82) is 0 Å². The number of ether oxygens (including phenoxy) is 1. The number of hydrogen-bond acceptors (Lipinski definition) is 3. The van der Waals surface area contributed by atoms with Crippen LogP contribution < -0.4 is 5.32 Å². The summed E-state index contributed by atoms with van der Waals surface area (Å²) in [6.45, 7) is 5.70. The molecule has 0 amide bonds. The third kappa shape index (κ3) is 6.17. The van der Waals surface area contributed by atoms with Crippen LogP contribution in [0.4, 0.5) is 0 Å². The molecule has 2 N–H and O–H groups in total. The summed E-state index contributed by atoms with van der Waals surface area (Å²) in [5.41, 5.74) is 2.30. The van der Waals surface area contributed by atoms with Gasteiger partial charge in [0.25, 0.3) is 0 Å². The summed E-state index contributed by atoms with van der Waals surface area (Å²) in [5.74, 6) is 0. The van der Waals surface area contributed by atoms with Crippen LogP contribution in [-0.4, -0.2) is 29.9 Å². The Bertz CT molecular complexity index is 845. The minimum atomic E-state index is -0.524. The molecule has 0 aliphatic carbocycles. The molecule has 3 aromatic carbocycles. The molecule has 0 bridgehead atoms. The number of rotatable bonds is 9. The second-order valence-electron chi connectivity index (χ2n) is 7.78. The molecule has 0 aromatic heterocycles. The SMILES string of the molecule is CC(C)(Cc1ccc2ccccc2c1)NC[C@@H](O)COCc1ccccc1. The monoisotopic (exact) mass is 363 g/mol. The van der Waals surface area contributed by atoms with E-state index in [-0.39, 0.29) is 5.54 Å². The molecule has 0 heterocycles. The predicted molar refractivity (Wildman–Crippen MR) is 112 cm³/mol. The first-order chi connectivity index (χ1) is 13.0. The number of aliphatic hydroxyl groups excluding tert-OH is 1. The Kier molecular flexibility index (Phi) is 6.62. The fourth-order valence-corrected chi connectivity index (χ4v) is 3.26. The summed E-state index contributed by atoms with van der Waals surface area (Å²) in [6, 6.07) is 25.0. The van der Waals surface area contributed by atoms with E-state index >= 15 is 0 Å². The van der Waals surface area contributed by atoms with Crippen molar-refractivity contribution in [2.75, 3.05) is 13.2 Å². The molecule has 3 rings (SSSR count). The van der Waals surface area contributed by atoms with Crippen LogP contribution in [0, 0.1) is 0 Å². The molecule has 0 aliphatic heterocycles. The molecule has 0 saturated carbocycles. The number of nitrogens with one attached hydrogen (secondary N) is 1. The zero-order valence-corrected chi connectivity index (χ0v) is 16.2. The van der Waals surface area contributed by atoms with Crippen LogP contribution in [0.25, 0.3) is 10.8 Å². The van der Waals surface area contributed by atoms with Crippen molar-refractivity contribution in [3.8, 4) is 0 Å². The number of benzene rings is 3. The van der Waals surface area contributed by atoms with Crippen molar-refractivity contribution in [1.82, 2.24) is 5.32 Å². The topological polar surface area (TPSA) is 41.5 Å². The number of fused-ring (bicyclic) bond motifs is 1. The Balaban J connectivity index is 1.45. The standard InChI is InChI=1S/C24H29NO2/c1-24(2,15-20-12-13-21-10-6-7-11-22(21)14-20)25-16-23(26)18-27-17-19-8-4-3-5-9-19/h3-14,23,25-26H,15-18H2,1-2H3/t23-/m1/s1. The average Bonchev–Trinajstić information content (AvgIpc) is 2.67. The minimum absolute atomic E-state index is 0.108. The average molecular weight is 364 g/mol. The van der Waals surface area contributed by atoms with Crippen molar-refractivity contribution in [2.24, 2.45) is 0 Å². The summed E-state index contributed by atoms with van der Waals surface area (Å²) >= 11 is 0. The molecular weight excluding hydrogens is 334 g/mol. The molecule has 0 spiro atoms. The lowest BCUT2D eigenvalue weighted by atomic mass is 9.93. The van der Waals surface area contributed by atoms with Gasteiger partial charge < -0.3 is 15.2 Å². The van der Waals surface area contributed by atoms with E-state index in [2.05, 4.69) is 61.6 Å². The van der Waals surface area contributed by atoms with Crippen molar-refractivity contribution in [3.63, 3.8) is 0 Å². The highest BCUT2D eigenvalue weighted by Crippen LogP contribution is 2.19. The first-order valence-electron chi connectivity index (χ1n) is 9.54. The van der Waals surface area contributed by atoms with Crippen LogP contribution in [-0.2, 0) is 17.8 Å². The third-order valence-electron chi connectivity index (χ3n) is 4.70. The van der Waals surface area contributed by atoms with Crippen molar-refractivity contribution in [2.45, 2.75) is 38.5 Å². The molecule has 3 nitrogen and oxygen atoms in total. The molecule has 0 aliphatic rings. The summed E-state index contributed by atoms with van der Waals surface area (Å²) in [5, 5.41) is 16.2. The van der Waals surface area contributed by atoms with Gasteiger partial charge in [-0.2, -0.15) is 0 Å². The van der Waals surface area contributed by atoms with Gasteiger partial charge in [0, 0.05) is 12.1 Å². The van der Waals surface area contributed by atoms with Gasteiger partial charge in [-0.25, -0.2) is 0 Å². The summed E-state index contributed by atoms with van der Waals surface area (Å²) in [4.78, 5) is 0. The summed E-state index contributed by atoms with van der Waals surface area (Å²) in [7, 11) is 0. The van der Waals surface area contributed by atoms with Crippen LogP contribution in [0.2, 0.25) is 0 Å². The van der Waals surface area contributed by atoms with Gasteiger partial charge in [0.15, 0.2) is 0 Å². The Hall–Kier alpha value is -2.20. The molecule has 0 radical (unpaired) electrons. The Morgan fingerprint density at radius 3 is 2.37 bits per heavy atom. The van der Waals surface area contributed by atoms with E-state index in [4.69, 9.17) is 4.74 Å². The molecule has 1 atom stereocenters.